The Kier molecular flexibility index (Phi) is 6.43. The summed E-state index contributed by atoms with van der Waals surface area (Å²) in [6, 6.07) is 0. The largest absolute Gasteiger partial charge is 0.281 e. The van der Waals surface area contributed by atoms with Crippen molar-refractivity contribution in [3.05, 3.63) is 0 Å². The Bertz CT molecular complexity index is 173. The van der Waals surface area contributed by atoms with Crippen LogP contribution in [0.25, 0.3) is 0 Å². The number of rotatable bonds is 7. The van der Waals surface area contributed by atoms with Crippen LogP contribution in [-0.2, 0) is 4.79 Å². The molecule has 0 radical (unpaired) electrons. The van der Waals surface area contributed by atoms with Crippen molar-refractivity contribution in [2.24, 2.45) is 11.3 Å². The van der Waals surface area contributed by atoms with E-state index in [2.05, 4.69) is 27.7 Å². The van der Waals surface area contributed by atoms with Gasteiger partial charge in [-0.2, -0.15) is 0 Å². The van der Waals surface area contributed by atoms with Crippen LogP contribution < -0.4 is 0 Å². The zero-order chi connectivity index (χ0) is 11.2. The monoisotopic (exact) mass is 218 g/mol. The van der Waals surface area contributed by atoms with Crippen LogP contribution in [0, 0.1) is 11.3 Å². The molecular weight excluding hydrogens is 196 g/mol. The van der Waals surface area contributed by atoms with Crippen molar-refractivity contribution >= 4 is 16.8 Å². The molecule has 84 valence electrons. The zero-order valence-electron chi connectivity index (χ0n) is 9.90. The Hall–Kier alpha value is -0.0400. The van der Waals surface area contributed by atoms with E-state index in [1.807, 2.05) is 0 Å². The molecule has 14 heavy (non-hydrogen) atoms. The molecule has 0 fully saturated rings. The molecule has 2 heteroatoms. The number of carbonyl (C=O) groups is 1. The van der Waals surface area contributed by atoms with Gasteiger partial charge in [-0.05, 0) is 29.4 Å². The van der Waals surface area contributed by atoms with Gasteiger partial charge in [-0.15, -0.1) is 0 Å². The van der Waals surface area contributed by atoms with Gasteiger partial charge >= 0.3 is 0 Å². The first-order chi connectivity index (χ1) is 6.47. The summed E-state index contributed by atoms with van der Waals surface area (Å²) in [4.78, 5) is 10.8. The molecule has 1 atom stereocenters. The number of carbonyl (C=O) groups excluding carboxylic acids is 1. The Labute approximate surface area is 93.2 Å². The van der Waals surface area contributed by atoms with E-state index in [0.717, 1.165) is 12.8 Å². The SMILES string of the molecule is CCC(CC(=O)Cl)CC(C)(CC)CC. The van der Waals surface area contributed by atoms with Crippen LogP contribution >= 0.6 is 11.6 Å². The highest BCUT2D eigenvalue weighted by molar-refractivity contribution is 6.63. The van der Waals surface area contributed by atoms with Crippen molar-refractivity contribution < 1.29 is 4.79 Å². The summed E-state index contributed by atoms with van der Waals surface area (Å²) < 4.78 is 0. The maximum atomic E-state index is 10.8. The first-order valence-electron chi connectivity index (χ1n) is 5.65. The molecule has 0 N–H and O–H groups in total. The molecule has 0 bridgehead atoms. The minimum absolute atomic E-state index is 0.189. The fourth-order valence-electron chi connectivity index (χ4n) is 1.82. The second kappa shape index (κ2) is 6.44. The molecule has 0 saturated carbocycles. The van der Waals surface area contributed by atoms with E-state index in [1.165, 1.54) is 12.8 Å². The Morgan fingerprint density at radius 3 is 2.07 bits per heavy atom. The molecule has 0 rings (SSSR count). The second-order valence-electron chi connectivity index (χ2n) is 4.56. The highest BCUT2D eigenvalue weighted by Gasteiger charge is 2.24. The predicted octanol–water partition coefficient (Wildman–Crippen LogP) is 4.38. The van der Waals surface area contributed by atoms with Gasteiger partial charge in [-0.25, -0.2) is 0 Å². The van der Waals surface area contributed by atoms with Crippen LogP contribution in [0.5, 0.6) is 0 Å². The van der Waals surface area contributed by atoms with Gasteiger partial charge in [0.15, 0.2) is 0 Å². The maximum Gasteiger partial charge on any atom is 0.221 e. The highest BCUT2D eigenvalue weighted by atomic mass is 35.5. The van der Waals surface area contributed by atoms with Crippen LogP contribution in [0.4, 0.5) is 0 Å². The first kappa shape index (κ1) is 14.0. The molecule has 0 aliphatic carbocycles. The summed E-state index contributed by atoms with van der Waals surface area (Å²) >= 11 is 5.43. The van der Waals surface area contributed by atoms with Crippen LogP contribution in [0.2, 0.25) is 0 Å². The quantitative estimate of drug-likeness (QED) is 0.580. The van der Waals surface area contributed by atoms with Gasteiger partial charge in [-0.3, -0.25) is 4.79 Å². The third kappa shape index (κ3) is 4.99. The van der Waals surface area contributed by atoms with Crippen molar-refractivity contribution in [2.75, 3.05) is 0 Å². The molecule has 0 saturated heterocycles. The number of hydrogen-bond donors (Lipinski definition) is 0. The number of hydrogen-bond acceptors (Lipinski definition) is 1. The molecule has 0 aromatic heterocycles. The van der Waals surface area contributed by atoms with E-state index in [1.54, 1.807) is 0 Å². The van der Waals surface area contributed by atoms with Crippen LogP contribution in [0.1, 0.15) is 59.8 Å². The lowest BCUT2D eigenvalue weighted by molar-refractivity contribution is -0.112. The molecule has 0 aromatic carbocycles. The third-order valence-corrected chi connectivity index (χ3v) is 3.67. The molecule has 0 amide bonds. The molecule has 1 nitrogen and oxygen atoms in total. The summed E-state index contributed by atoms with van der Waals surface area (Å²) in [7, 11) is 0. The lowest BCUT2D eigenvalue weighted by atomic mass is 9.75. The highest BCUT2D eigenvalue weighted by Crippen LogP contribution is 2.35. The van der Waals surface area contributed by atoms with Crippen LogP contribution in [-0.4, -0.2) is 5.24 Å². The van der Waals surface area contributed by atoms with Crippen LogP contribution in [0.3, 0.4) is 0 Å². The van der Waals surface area contributed by atoms with Gasteiger partial charge in [0.2, 0.25) is 5.24 Å². The van der Waals surface area contributed by atoms with E-state index in [-0.39, 0.29) is 5.24 Å². The third-order valence-electron chi connectivity index (χ3n) is 3.52. The predicted molar refractivity (Wildman–Crippen MR) is 62.6 cm³/mol. The standard InChI is InChI=1S/C12H23ClO/c1-5-10(8-11(13)14)9-12(4,6-2)7-3/h10H,5-9H2,1-4H3. The topological polar surface area (TPSA) is 17.1 Å². The van der Waals surface area contributed by atoms with Gasteiger partial charge in [0.05, 0.1) is 0 Å². The first-order valence-corrected chi connectivity index (χ1v) is 6.03. The smallest absolute Gasteiger partial charge is 0.221 e. The Morgan fingerprint density at radius 2 is 1.79 bits per heavy atom. The summed E-state index contributed by atoms with van der Waals surface area (Å²) in [5.74, 6) is 0.463. The van der Waals surface area contributed by atoms with Crippen molar-refractivity contribution in [3.63, 3.8) is 0 Å². The molecular formula is C12H23ClO. The van der Waals surface area contributed by atoms with Crippen molar-refractivity contribution in [3.8, 4) is 0 Å². The summed E-state index contributed by atoms with van der Waals surface area (Å²) in [6.45, 7) is 8.88. The van der Waals surface area contributed by atoms with E-state index >= 15 is 0 Å². The summed E-state index contributed by atoms with van der Waals surface area (Å²) in [5.41, 5.74) is 0.382. The number of halogens is 1. The fraction of sp³-hybridized carbons (Fsp3) is 0.917. The minimum Gasteiger partial charge on any atom is -0.281 e. The zero-order valence-corrected chi connectivity index (χ0v) is 10.7. The molecule has 0 aliphatic rings. The molecule has 1 unspecified atom stereocenters. The van der Waals surface area contributed by atoms with E-state index in [0.29, 0.717) is 17.8 Å². The lowest BCUT2D eigenvalue weighted by Crippen LogP contribution is -2.19. The van der Waals surface area contributed by atoms with Crippen LogP contribution in [0.15, 0.2) is 0 Å². The average molecular weight is 219 g/mol. The van der Waals surface area contributed by atoms with Gasteiger partial charge < -0.3 is 0 Å². The summed E-state index contributed by atoms with van der Waals surface area (Å²) in [6.07, 6.45) is 5.06. The van der Waals surface area contributed by atoms with E-state index < -0.39 is 0 Å². The molecule has 0 aliphatic heterocycles. The van der Waals surface area contributed by atoms with E-state index in [4.69, 9.17) is 11.6 Å². The lowest BCUT2D eigenvalue weighted by Gasteiger charge is -2.30. The Morgan fingerprint density at radius 1 is 1.29 bits per heavy atom. The fourth-order valence-corrected chi connectivity index (χ4v) is 2.04. The van der Waals surface area contributed by atoms with E-state index in [9.17, 15) is 4.79 Å². The normalized spacial score (nSPS) is 14.1. The average Bonchev–Trinajstić information content (AvgIpc) is 2.16. The van der Waals surface area contributed by atoms with Crippen molar-refractivity contribution in [1.29, 1.82) is 0 Å². The van der Waals surface area contributed by atoms with Gasteiger partial charge in [-0.1, -0.05) is 47.0 Å². The maximum absolute atomic E-state index is 10.8. The molecule has 0 spiro atoms. The van der Waals surface area contributed by atoms with Gasteiger partial charge in [0.1, 0.15) is 0 Å². The van der Waals surface area contributed by atoms with Gasteiger partial charge in [0.25, 0.3) is 0 Å². The minimum atomic E-state index is -0.189. The molecule has 0 aromatic rings. The summed E-state index contributed by atoms with van der Waals surface area (Å²) in [5, 5.41) is -0.189. The van der Waals surface area contributed by atoms with Crippen molar-refractivity contribution in [2.45, 2.75) is 59.8 Å². The van der Waals surface area contributed by atoms with Crippen molar-refractivity contribution in [1.82, 2.24) is 0 Å². The second-order valence-corrected chi connectivity index (χ2v) is 4.98. The molecule has 0 heterocycles. The Balaban J connectivity index is 4.21. The van der Waals surface area contributed by atoms with Gasteiger partial charge in [0, 0.05) is 6.42 Å².